The molecule has 2 rings (SSSR count). The van der Waals surface area contributed by atoms with E-state index in [0.29, 0.717) is 23.3 Å². The van der Waals surface area contributed by atoms with Gasteiger partial charge < -0.3 is 15.4 Å². The van der Waals surface area contributed by atoms with Crippen molar-refractivity contribution in [1.29, 1.82) is 0 Å². The molecule has 1 heterocycles. The molecule has 27 heavy (non-hydrogen) atoms. The lowest BCUT2D eigenvalue weighted by Crippen LogP contribution is -2.36. The minimum absolute atomic E-state index is 0.0774. The summed E-state index contributed by atoms with van der Waals surface area (Å²) in [7, 11) is 1.50. The maximum absolute atomic E-state index is 12.9. The number of thioether (sulfide) groups is 1. The van der Waals surface area contributed by atoms with Crippen LogP contribution in [-0.2, 0) is 22.7 Å². The molecule has 0 bridgehead atoms. The number of rotatable bonds is 10. The van der Waals surface area contributed by atoms with Crippen LogP contribution in [-0.4, -0.2) is 45.9 Å². The largest absolute Gasteiger partial charge is 0.486 e. The summed E-state index contributed by atoms with van der Waals surface area (Å²) in [5.41, 5.74) is 0. The average Bonchev–Trinajstić information content (AvgIpc) is 3.06. The van der Waals surface area contributed by atoms with Gasteiger partial charge in [0.1, 0.15) is 18.2 Å². The second-order valence-corrected chi connectivity index (χ2v) is 6.22. The van der Waals surface area contributed by atoms with Crippen LogP contribution in [0.25, 0.3) is 0 Å². The lowest BCUT2D eigenvalue weighted by Gasteiger charge is -2.09. The number of hydrogen-bond donors (Lipinski definition) is 2. The van der Waals surface area contributed by atoms with Crippen LogP contribution in [0, 0.1) is 5.82 Å². The Labute approximate surface area is 160 Å². The Morgan fingerprint density at radius 3 is 2.70 bits per heavy atom. The van der Waals surface area contributed by atoms with Crippen molar-refractivity contribution in [1.82, 2.24) is 25.4 Å². The van der Waals surface area contributed by atoms with Crippen LogP contribution in [0.5, 0.6) is 5.75 Å². The maximum atomic E-state index is 12.9. The van der Waals surface area contributed by atoms with Gasteiger partial charge in [0.25, 0.3) is 0 Å². The quantitative estimate of drug-likeness (QED) is 0.464. The number of benzene rings is 1. The number of aromatic nitrogens is 3. The van der Waals surface area contributed by atoms with Crippen LogP contribution in [0.4, 0.5) is 4.39 Å². The normalized spacial score (nSPS) is 10.3. The summed E-state index contributed by atoms with van der Waals surface area (Å²) in [5, 5.41) is 13.6. The Morgan fingerprint density at radius 2 is 2.04 bits per heavy atom. The molecule has 0 aliphatic carbocycles. The van der Waals surface area contributed by atoms with Gasteiger partial charge in [-0.05, 0) is 24.3 Å². The van der Waals surface area contributed by atoms with Crippen molar-refractivity contribution in [2.75, 3.05) is 19.3 Å². The Hall–Kier alpha value is -2.88. The zero-order valence-corrected chi connectivity index (χ0v) is 15.6. The maximum Gasteiger partial charge on any atom is 0.239 e. The van der Waals surface area contributed by atoms with E-state index in [2.05, 4.69) is 27.4 Å². The van der Waals surface area contributed by atoms with E-state index in [1.807, 2.05) is 0 Å². The molecule has 0 spiro atoms. The Bertz CT molecular complexity index is 794. The molecule has 2 N–H and O–H groups in total. The lowest BCUT2D eigenvalue weighted by atomic mass is 10.3. The van der Waals surface area contributed by atoms with Crippen LogP contribution in [0.1, 0.15) is 5.82 Å². The third-order valence-corrected chi connectivity index (χ3v) is 4.31. The fourth-order valence-electron chi connectivity index (χ4n) is 1.97. The Kier molecular flexibility index (Phi) is 7.80. The zero-order valence-electron chi connectivity index (χ0n) is 14.8. The van der Waals surface area contributed by atoms with Gasteiger partial charge in [-0.3, -0.25) is 14.2 Å². The predicted octanol–water partition coefficient (Wildman–Crippen LogP) is 1.14. The van der Waals surface area contributed by atoms with Crippen molar-refractivity contribution in [3.8, 4) is 5.75 Å². The molecule has 0 atom stereocenters. The van der Waals surface area contributed by atoms with E-state index in [1.54, 1.807) is 10.6 Å². The summed E-state index contributed by atoms with van der Waals surface area (Å²) in [4.78, 5) is 22.9. The molecule has 0 fully saturated rings. The van der Waals surface area contributed by atoms with Crippen molar-refractivity contribution < 1.29 is 18.7 Å². The molecule has 10 heteroatoms. The number of halogens is 1. The van der Waals surface area contributed by atoms with E-state index in [9.17, 15) is 14.0 Å². The van der Waals surface area contributed by atoms with E-state index >= 15 is 0 Å². The summed E-state index contributed by atoms with van der Waals surface area (Å²) in [6.07, 6.45) is 1.68. The number of nitrogens with zero attached hydrogens (tertiary/aromatic N) is 3. The molecule has 2 aromatic rings. The topological polar surface area (TPSA) is 98.1 Å². The third-order valence-electron chi connectivity index (χ3n) is 3.34. The van der Waals surface area contributed by atoms with Gasteiger partial charge >= 0.3 is 0 Å². The minimum atomic E-state index is -0.342. The van der Waals surface area contributed by atoms with Crippen molar-refractivity contribution >= 4 is 23.6 Å². The smallest absolute Gasteiger partial charge is 0.239 e. The van der Waals surface area contributed by atoms with Crippen LogP contribution in [0.3, 0.4) is 0 Å². The molecule has 0 saturated heterocycles. The summed E-state index contributed by atoms with van der Waals surface area (Å²) in [6.45, 7) is 4.21. The number of amides is 2. The molecule has 0 aliphatic rings. The highest BCUT2D eigenvalue weighted by Gasteiger charge is 2.14. The monoisotopic (exact) mass is 393 g/mol. The first-order chi connectivity index (χ1) is 13.0. The van der Waals surface area contributed by atoms with Gasteiger partial charge in [-0.15, -0.1) is 16.8 Å². The molecule has 1 aromatic heterocycles. The molecule has 144 valence electrons. The number of hydrogen-bond acceptors (Lipinski definition) is 6. The molecule has 8 nitrogen and oxygen atoms in total. The second-order valence-electron chi connectivity index (χ2n) is 5.28. The van der Waals surface area contributed by atoms with Crippen LogP contribution in [0.15, 0.2) is 42.1 Å². The van der Waals surface area contributed by atoms with Gasteiger partial charge in [-0.2, -0.15) is 0 Å². The van der Waals surface area contributed by atoms with E-state index in [0.717, 1.165) is 0 Å². The van der Waals surface area contributed by atoms with Gasteiger partial charge in [0.15, 0.2) is 11.0 Å². The van der Waals surface area contributed by atoms with Crippen molar-refractivity contribution in [2.24, 2.45) is 0 Å². The predicted molar refractivity (Wildman–Crippen MR) is 98.8 cm³/mol. The fraction of sp³-hybridized carbons (Fsp3) is 0.294. The minimum Gasteiger partial charge on any atom is -0.486 e. The number of nitrogens with one attached hydrogen (secondary N) is 2. The highest BCUT2D eigenvalue weighted by atomic mass is 32.2. The molecule has 2 amide bonds. The Morgan fingerprint density at radius 1 is 1.30 bits per heavy atom. The van der Waals surface area contributed by atoms with Crippen molar-refractivity contribution in [3.63, 3.8) is 0 Å². The van der Waals surface area contributed by atoms with Gasteiger partial charge in [0, 0.05) is 13.6 Å². The standard InChI is InChI=1S/C17H20FN5O3S/c1-3-8-23-14(10-26-13-6-4-12(18)5-7-13)21-22-17(23)27-11-16(25)20-9-15(24)19-2/h3-7H,1,8-11H2,2H3,(H,19,24)(H,20,25). The summed E-state index contributed by atoms with van der Waals surface area (Å²) in [5.74, 6) is 0.236. The van der Waals surface area contributed by atoms with Crippen LogP contribution >= 0.6 is 11.8 Å². The summed E-state index contributed by atoms with van der Waals surface area (Å²) >= 11 is 1.19. The number of likely N-dealkylation sites (N-methyl/N-ethyl adjacent to an activating group) is 1. The van der Waals surface area contributed by atoms with Gasteiger partial charge in [0.2, 0.25) is 11.8 Å². The first kappa shape index (κ1) is 20.4. The number of ether oxygens (including phenoxy) is 1. The fourth-order valence-corrected chi connectivity index (χ4v) is 2.77. The first-order valence-corrected chi connectivity index (χ1v) is 9.03. The van der Waals surface area contributed by atoms with E-state index < -0.39 is 0 Å². The molecule has 0 aliphatic heterocycles. The van der Waals surface area contributed by atoms with E-state index in [4.69, 9.17) is 4.74 Å². The number of carbonyl (C=O) groups excluding carboxylic acids is 2. The van der Waals surface area contributed by atoms with Crippen LogP contribution < -0.4 is 15.4 Å². The van der Waals surface area contributed by atoms with Crippen LogP contribution in [0.2, 0.25) is 0 Å². The number of allylic oxidation sites excluding steroid dienone is 1. The Balaban J connectivity index is 1.94. The zero-order chi connectivity index (χ0) is 19.6. The highest BCUT2D eigenvalue weighted by Crippen LogP contribution is 2.19. The first-order valence-electron chi connectivity index (χ1n) is 8.05. The summed E-state index contributed by atoms with van der Waals surface area (Å²) in [6, 6.07) is 5.66. The molecular formula is C17H20FN5O3S. The molecule has 1 aromatic carbocycles. The van der Waals surface area contributed by atoms with E-state index in [-0.39, 0.29) is 36.5 Å². The molecular weight excluding hydrogens is 373 g/mol. The molecule has 0 unspecified atom stereocenters. The second kappa shape index (κ2) is 10.3. The highest BCUT2D eigenvalue weighted by molar-refractivity contribution is 7.99. The SMILES string of the molecule is C=CCn1c(COc2ccc(F)cc2)nnc1SCC(=O)NCC(=O)NC. The average molecular weight is 393 g/mol. The van der Waals surface area contributed by atoms with Gasteiger partial charge in [-0.25, -0.2) is 4.39 Å². The lowest BCUT2D eigenvalue weighted by molar-refractivity contribution is -0.124. The van der Waals surface area contributed by atoms with E-state index in [1.165, 1.54) is 43.1 Å². The van der Waals surface area contributed by atoms with Gasteiger partial charge in [-0.1, -0.05) is 17.8 Å². The molecule has 0 radical (unpaired) electrons. The van der Waals surface area contributed by atoms with Crippen molar-refractivity contribution in [2.45, 2.75) is 18.3 Å². The van der Waals surface area contributed by atoms with Gasteiger partial charge in [0.05, 0.1) is 12.3 Å². The van der Waals surface area contributed by atoms with Crippen molar-refractivity contribution in [3.05, 3.63) is 48.6 Å². The molecule has 0 saturated carbocycles. The third kappa shape index (κ3) is 6.41. The summed E-state index contributed by atoms with van der Waals surface area (Å²) < 4.78 is 20.3. The number of carbonyl (C=O) groups is 2.